The second-order valence-electron chi connectivity index (χ2n) is 3.65. The fraction of sp³-hybridized carbons (Fsp3) is 0.0714. The minimum absolute atomic E-state index is 0.296. The predicted molar refractivity (Wildman–Crippen MR) is 74.1 cm³/mol. The molecule has 0 radical (unpaired) electrons. The lowest BCUT2D eigenvalue weighted by molar-refractivity contribution is 0.0868. The van der Waals surface area contributed by atoms with Gasteiger partial charge in [-0.3, -0.25) is 4.79 Å². The van der Waals surface area contributed by atoms with Gasteiger partial charge in [0, 0.05) is 15.5 Å². The molecule has 0 aliphatic heterocycles. The summed E-state index contributed by atoms with van der Waals surface area (Å²) in [5, 5.41) is 10.5. The quantitative estimate of drug-likeness (QED) is 0.527. The maximum atomic E-state index is 11.9. The van der Waals surface area contributed by atoms with Crippen molar-refractivity contribution in [3.8, 4) is 0 Å². The zero-order valence-corrected chi connectivity index (χ0v) is 11.0. The third-order valence-electron chi connectivity index (χ3n) is 2.34. The van der Waals surface area contributed by atoms with Gasteiger partial charge in [-0.15, -0.1) is 0 Å². The number of aliphatic hydroxyl groups is 1. The Balaban J connectivity index is 2.06. The van der Waals surface area contributed by atoms with Crippen LogP contribution in [0.15, 0.2) is 59.5 Å². The summed E-state index contributed by atoms with van der Waals surface area (Å²) in [6.07, 6.45) is 0. The molecular formula is C14H11ClO2S. The van der Waals surface area contributed by atoms with Gasteiger partial charge in [-0.2, -0.15) is 0 Å². The molecule has 0 heterocycles. The summed E-state index contributed by atoms with van der Waals surface area (Å²) < 4.78 is 0. The van der Waals surface area contributed by atoms with E-state index < -0.39 is 5.44 Å². The first-order chi connectivity index (χ1) is 8.66. The van der Waals surface area contributed by atoms with Crippen LogP contribution in [0, 0.1) is 0 Å². The van der Waals surface area contributed by atoms with Crippen molar-refractivity contribution in [2.45, 2.75) is 10.3 Å². The molecule has 2 nitrogen and oxygen atoms in total. The van der Waals surface area contributed by atoms with Gasteiger partial charge in [0.25, 0.3) is 0 Å². The Labute approximate surface area is 115 Å². The molecule has 2 aromatic carbocycles. The van der Waals surface area contributed by atoms with E-state index in [1.165, 1.54) is 0 Å². The summed E-state index contributed by atoms with van der Waals surface area (Å²) in [4.78, 5) is 12.7. The van der Waals surface area contributed by atoms with E-state index >= 15 is 0 Å². The summed E-state index contributed by atoms with van der Waals surface area (Å²) in [5.74, 6) is -0.296. The van der Waals surface area contributed by atoms with Crippen LogP contribution >= 0.6 is 23.4 Å². The predicted octanol–water partition coefficient (Wildman–Crippen LogP) is 3.63. The van der Waals surface area contributed by atoms with E-state index in [0.717, 1.165) is 16.7 Å². The van der Waals surface area contributed by atoms with E-state index in [4.69, 9.17) is 11.6 Å². The van der Waals surface area contributed by atoms with Crippen molar-refractivity contribution in [2.24, 2.45) is 0 Å². The number of rotatable bonds is 4. The van der Waals surface area contributed by atoms with Crippen LogP contribution in [0.2, 0.25) is 5.02 Å². The van der Waals surface area contributed by atoms with Crippen LogP contribution in [0.4, 0.5) is 0 Å². The number of hydrogen-bond acceptors (Lipinski definition) is 3. The number of benzene rings is 2. The van der Waals surface area contributed by atoms with E-state index in [1.807, 2.05) is 6.07 Å². The summed E-state index contributed by atoms with van der Waals surface area (Å²) in [7, 11) is 0. The minimum atomic E-state index is -1.10. The number of carbonyl (C=O) groups is 1. The molecule has 1 N–H and O–H groups in total. The molecule has 0 aromatic heterocycles. The third kappa shape index (κ3) is 3.35. The third-order valence-corrected chi connectivity index (χ3v) is 3.58. The normalized spacial score (nSPS) is 12.1. The summed E-state index contributed by atoms with van der Waals surface area (Å²) in [6.45, 7) is 0. The summed E-state index contributed by atoms with van der Waals surface area (Å²) >= 11 is 6.87. The number of hydrogen-bond donors (Lipinski definition) is 1. The van der Waals surface area contributed by atoms with E-state index in [0.29, 0.717) is 10.6 Å². The molecule has 0 aliphatic rings. The van der Waals surface area contributed by atoms with Crippen LogP contribution in [-0.4, -0.2) is 16.3 Å². The molecule has 1 unspecified atom stereocenters. The molecule has 0 aliphatic carbocycles. The number of aliphatic hydroxyl groups excluding tert-OH is 1. The molecule has 1 atom stereocenters. The molecule has 18 heavy (non-hydrogen) atoms. The van der Waals surface area contributed by atoms with Crippen LogP contribution in [0.1, 0.15) is 10.4 Å². The van der Waals surface area contributed by atoms with Gasteiger partial charge in [0.15, 0.2) is 5.44 Å². The van der Waals surface area contributed by atoms with Crippen molar-refractivity contribution in [2.75, 3.05) is 0 Å². The Morgan fingerprint density at radius 3 is 2.28 bits per heavy atom. The number of halogens is 1. The van der Waals surface area contributed by atoms with Gasteiger partial charge in [0.2, 0.25) is 5.78 Å². The summed E-state index contributed by atoms with van der Waals surface area (Å²) in [6, 6.07) is 15.7. The Morgan fingerprint density at radius 1 is 1.06 bits per heavy atom. The van der Waals surface area contributed by atoms with E-state index in [-0.39, 0.29) is 5.78 Å². The number of carbonyl (C=O) groups excluding carboxylic acids is 1. The van der Waals surface area contributed by atoms with Crippen LogP contribution < -0.4 is 0 Å². The highest BCUT2D eigenvalue weighted by atomic mass is 35.5. The molecule has 2 aromatic rings. The fourth-order valence-corrected chi connectivity index (χ4v) is 2.36. The highest BCUT2D eigenvalue weighted by molar-refractivity contribution is 8.00. The van der Waals surface area contributed by atoms with Crippen LogP contribution in [0.25, 0.3) is 0 Å². The molecule has 0 bridgehead atoms. The van der Waals surface area contributed by atoms with Gasteiger partial charge in [-0.05, 0) is 24.3 Å². The smallest absolute Gasteiger partial charge is 0.201 e. The Morgan fingerprint density at radius 2 is 1.67 bits per heavy atom. The molecule has 4 heteroatoms. The lowest BCUT2D eigenvalue weighted by Gasteiger charge is -2.09. The van der Waals surface area contributed by atoms with Gasteiger partial charge < -0.3 is 5.11 Å². The van der Waals surface area contributed by atoms with Gasteiger partial charge in [-0.25, -0.2) is 0 Å². The first kappa shape index (κ1) is 13.1. The molecule has 2 rings (SSSR count). The SMILES string of the molecule is O=C(c1ccccc1)C(O)Sc1ccc(Cl)cc1. The zero-order valence-electron chi connectivity index (χ0n) is 9.42. The maximum absolute atomic E-state index is 11.9. The minimum Gasteiger partial charge on any atom is -0.374 e. The monoisotopic (exact) mass is 278 g/mol. The van der Waals surface area contributed by atoms with Crippen molar-refractivity contribution >= 4 is 29.1 Å². The van der Waals surface area contributed by atoms with E-state index in [2.05, 4.69) is 0 Å². The lowest BCUT2D eigenvalue weighted by atomic mass is 10.1. The standard InChI is InChI=1S/C14H11ClO2S/c15-11-6-8-12(9-7-11)18-14(17)13(16)10-4-2-1-3-5-10/h1-9,14,17H. The molecule has 0 saturated carbocycles. The van der Waals surface area contributed by atoms with Crippen LogP contribution in [0.3, 0.4) is 0 Å². The highest BCUT2D eigenvalue weighted by Crippen LogP contribution is 2.25. The number of thioether (sulfide) groups is 1. The largest absolute Gasteiger partial charge is 0.374 e. The average Bonchev–Trinajstić information content (AvgIpc) is 2.41. The topological polar surface area (TPSA) is 37.3 Å². The van der Waals surface area contributed by atoms with Crippen molar-refractivity contribution in [1.82, 2.24) is 0 Å². The van der Waals surface area contributed by atoms with Crippen molar-refractivity contribution in [3.05, 3.63) is 65.2 Å². The average molecular weight is 279 g/mol. The zero-order chi connectivity index (χ0) is 13.0. The van der Waals surface area contributed by atoms with Gasteiger partial charge in [0.1, 0.15) is 0 Å². The number of Topliss-reactive ketones (excluding diaryl/α,β-unsaturated/α-hetero) is 1. The van der Waals surface area contributed by atoms with Crippen LogP contribution in [-0.2, 0) is 0 Å². The second-order valence-corrected chi connectivity index (χ2v) is 5.24. The molecule has 92 valence electrons. The Hall–Kier alpha value is -1.29. The van der Waals surface area contributed by atoms with E-state index in [9.17, 15) is 9.90 Å². The second kappa shape index (κ2) is 6.05. The molecule has 0 spiro atoms. The molecule has 0 amide bonds. The van der Waals surface area contributed by atoms with Crippen LogP contribution in [0.5, 0.6) is 0 Å². The van der Waals surface area contributed by atoms with Gasteiger partial charge >= 0.3 is 0 Å². The summed E-state index contributed by atoms with van der Waals surface area (Å²) in [5.41, 5.74) is -0.597. The first-order valence-corrected chi connectivity index (χ1v) is 6.62. The molecular weight excluding hydrogens is 268 g/mol. The molecule has 0 fully saturated rings. The van der Waals surface area contributed by atoms with Crippen molar-refractivity contribution in [1.29, 1.82) is 0 Å². The first-order valence-electron chi connectivity index (χ1n) is 5.36. The Bertz CT molecular complexity index is 525. The maximum Gasteiger partial charge on any atom is 0.201 e. The fourth-order valence-electron chi connectivity index (χ4n) is 1.44. The number of ketones is 1. The van der Waals surface area contributed by atoms with Gasteiger partial charge in [0.05, 0.1) is 0 Å². The molecule has 0 saturated heterocycles. The van der Waals surface area contributed by atoms with Crippen molar-refractivity contribution < 1.29 is 9.90 Å². The van der Waals surface area contributed by atoms with E-state index in [1.54, 1.807) is 48.5 Å². The van der Waals surface area contributed by atoms with Crippen molar-refractivity contribution in [3.63, 3.8) is 0 Å². The Kier molecular flexibility index (Phi) is 4.42. The highest BCUT2D eigenvalue weighted by Gasteiger charge is 2.17. The van der Waals surface area contributed by atoms with Gasteiger partial charge in [-0.1, -0.05) is 53.7 Å². The lowest BCUT2D eigenvalue weighted by Crippen LogP contribution is -2.16.